The number of nitrogens with one attached hydrogen (secondary N) is 1. The molecule has 0 aliphatic carbocycles. The van der Waals surface area contributed by atoms with E-state index in [1.807, 2.05) is 12.1 Å². The summed E-state index contributed by atoms with van der Waals surface area (Å²) < 4.78 is 6.28. The van der Waals surface area contributed by atoms with E-state index in [2.05, 4.69) is 65.5 Å². The molecule has 2 aromatic heterocycles. The van der Waals surface area contributed by atoms with Crippen LogP contribution in [0, 0.1) is 0 Å². The van der Waals surface area contributed by atoms with Crippen LogP contribution in [0.15, 0.2) is 46.9 Å². The average Bonchev–Trinajstić information content (AvgIpc) is 3.43. The summed E-state index contributed by atoms with van der Waals surface area (Å²) in [6.45, 7) is 8.50. The molecule has 0 unspecified atom stereocenters. The molecule has 1 aromatic carbocycles. The van der Waals surface area contributed by atoms with Crippen molar-refractivity contribution in [3.8, 4) is 11.1 Å². The van der Waals surface area contributed by atoms with Crippen molar-refractivity contribution in [1.82, 2.24) is 20.5 Å². The van der Waals surface area contributed by atoms with E-state index in [0.717, 1.165) is 26.2 Å². The van der Waals surface area contributed by atoms with Crippen molar-refractivity contribution in [2.45, 2.75) is 49.3 Å². The molecule has 10 heteroatoms. The van der Waals surface area contributed by atoms with Crippen LogP contribution in [0.1, 0.15) is 38.3 Å². The van der Waals surface area contributed by atoms with Crippen LogP contribution in [-0.4, -0.2) is 46.4 Å². The third kappa shape index (κ3) is 5.92. The Bertz CT molecular complexity index is 1160. The highest BCUT2D eigenvalue weighted by Crippen LogP contribution is 2.32. The molecule has 1 aliphatic heterocycles. The Hall–Kier alpha value is -2.98. The van der Waals surface area contributed by atoms with Gasteiger partial charge in [0.2, 0.25) is 5.91 Å². The lowest BCUT2D eigenvalue weighted by Gasteiger charge is -2.12. The quantitative estimate of drug-likeness (QED) is 0.475. The molecule has 1 aliphatic rings. The highest BCUT2D eigenvalue weighted by Gasteiger charge is 2.33. The number of cyclic esters (lactones) is 1. The van der Waals surface area contributed by atoms with Gasteiger partial charge in [-0.2, -0.15) is 0 Å². The molecule has 3 heterocycles. The molecule has 0 spiro atoms. The van der Waals surface area contributed by atoms with E-state index in [0.29, 0.717) is 12.4 Å². The van der Waals surface area contributed by atoms with Gasteiger partial charge in [0.15, 0.2) is 4.34 Å². The van der Waals surface area contributed by atoms with Crippen LogP contribution in [-0.2, 0) is 20.7 Å². The summed E-state index contributed by atoms with van der Waals surface area (Å²) in [6, 6.07) is 12.1. The predicted octanol–water partition coefficient (Wildman–Crippen LogP) is 4.65. The molecule has 178 valence electrons. The van der Waals surface area contributed by atoms with Crippen molar-refractivity contribution in [3.63, 3.8) is 0 Å². The number of carbonyl (C=O) groups is 2. The minimum atomic E-state index is -0.456. The van der Waals surface area contributed by atoms with Crippen molar-refractivity contribution in [1.29, 1.82) is 0 Å². The van der Waals surface area contributed by atoms with Crippen LogP contribution in [0.5, 0.6) is 0 Å². The first-order valence-corrected chi connectivity index (χ1v) is 12.7. The maximum absolute atomic E-state index is 12.2. The van der Waals surface area contributed by atoms with Crippen molar-refractivity contribution < 1.29 is 14.3 Å². The summed E-state index contributed by atoms with van der Waals surface area (Å²) in [7, 11) is 0. The Morgan fingerprint density at radius 2 is 1.91 bits per heavy atom. The van der Waals surface area contributed by atoms with Crippen LogP contribution in [0.25, 0.3) is 11.1 Å². The van der Waals surface area contributed by atoms with Gasteiger partial charge in [-0.15, -0.1) is 10.2 Å². The molecule has 1 saturated heterocycles. The molecule has 4 rings (SSSR count). The molecule has 1 atom stereocenters. The minimum Gasteiger partial charge on any atom is -0.442 e. The first kappa shape index (κ1) is 24.2. The first-order valence-electron chi connectivity index (χ1n) is 10.9. The van der Waals surface area contributed by atoms with Gasteiger partial charge in [-0.3, -0.25) is 9.69 Å². The van der Waals surface area contributed by atoms with Crippen molar-refractivity contribution >= 4 is 40.9 Å². The molecular weight excluding hydrogens is 470 g/mol. The molecule has 1 N–H and O–H groups in total. The number of amides is 2. The van der Waals surface area contributed by atoms with Crippen LogP contribution >= 0.6 is 23.1 Å². The second-order valence-electron chi connectivity index (χ2n) is 9.07. The number of rotatable bonds is 7. The number of aromatic nitrogens is 3. The van der Waals surface area contributed by atoms with E-state index in [4.69, 9.17) is 4.74 Å². The molecule has 8 nitrogen and oxygen atoms in total. The molecule has 1 fully saturated rings. The maximum Gasteiger partial charge on any atom is 0.416 e. The zero-order chi connectivity index (χ0) is 24.3. The smallest absolute Gasteiger partial charge is 0.416 e. The van der Waals surface area contributed by atoms with Gasteiger partial charge < -0.3 is 10.1 Å². The summed E-state index contributed by atoms with van der Waals surface area (Å²) in [5.41, 5.74) is 3.23. The monoisotopic (exact) mass is 497 g/mol. The van der Waals surface area contributed by atoms with Gasteiger partial charge in [0, 0.05) is 29.9 Å². The Morgan fingerprint density at radius 3 is 2.53 bits per heavy atom. The van der Waals surface area contributed by atoms with Gasteiger partial charge in [-0.05, 0) is 23.3 Å². The van der Waals surface area contributed by atoms with E-state index in [9.17, 15) is 9.59 Å². The first-order chi connectivity index (χ1) is 16.2. The van der Waals surface area contributed by atoms with Crippen LogP contribution in [0.2, 0.25) is 0 Å². The zero-order valence-electron chi connectivity index (χ0n) is 19.6. The predicted molar refractivity (Wildman–Crippen MR) is 134 cm³/mol. The van der Waals surface area contributed by atoms with Crippen molar-refractivity contribution in [3.05, 3.63) is 53.2 Å². The van der Waals surface area contributed by atoms with Gasteiger partial charge >= 0.3 is 6.09 Å². The van der Waals surface area contributed by atoms with E-state index < -0.39 is 6.09 Å². The number of anilines is 1. The van der Waals surface area contributed by atoms with Gasteiger partial charge in [-0.25, -0.2) is 9.78 Å². The zero-order valence-corrected chi connectivity index (χ0v) is 21.2. The van der Waals surface area contributed by atoms with E-state index >= 15 is 0 Å². The topological polar surface area (TPSA) is 97.3 Å². The fraction of sp³-hybridized carbons (Fsp3) is 0.375. The Morgan fingerprint density at radius 1 is 1.18 bits per heavy atom. The molecule has 0 bridgehead atoms. The second-order valence-corrected chi connectivity index (χ2v) is 11.3. The number of hydrogen-bond acceptors (Lipinski definition) is 8. The lowest BCUT2D eigenvalue weighted by molar-refractivity contribution is -0.119. The number of ether oxygens (including phenoxy) is 1. The summed E-state index contributed by atoms with van der Waals surface area (Å²) >= 11 is 3.35. The van der Waals surface area contributed by atoms with Gasteiger partial charge in [-0.1, -0.05) is 68.1 Å². The third-order valence-corrected chi connectivity index (χ3v) is 7.73. The van der Waals surface area contributed by atoms with Crippen molar-refractivity contribution in [2.24, 2.45) is 0 Å². The largest absolute Gasteiger partial charge is 0.442 e. The number of thioether (sulfide) groups is 1. The number of hydrogen-bond donors (Lipinski definition) is 1. The second kappa shape index (κ2) is 10.1. The summed E-state index contributed by atoms with van der Waals surface area (Å²) in [5, 5.41) is 12.3. The average molecular weight is 498 g/mol. The van der Waals surface area contributed by atoms with Gasteiger partial charge in [0.25, 0.3) is 0 Å². The Balaban J connectivity index is 1.34. The van der Waals surface area contributed by atoms with E-state index in [1.54, 1.807) is 29.3 Å². The molecule has 0 saturated carbocycles. The lowest BCUT2D eigenvalue weighted by Crippen LogP contribution is -2.33. The molecule has 3 aromatic rings. The fourth-order valence-electron chi connectivity index (χ4n) is 3.30. The lowest BCUT2D eigenvalue weighted by atomic mass is 9.98. The maximum atomic E-state index is 12.2. The standard InChI is InChI=1S/C24H27N5O3S2/c1-15(30)25-12-19-13-29(23(31)32-19)20-10-9-18(11-26-20)17-7-5-16(6-8-17)14-33-22-28-27-21(34-22)24(2,3)4/h5-11,19H,12-14H2,1-4H3,(H,25,30)/t19-/m0/s1. The number of pyridine rings is 1. The fourth-order valence-corrected chi connectivity index (χ4v) is 5.16. The summed E-state index contributed by atoms with van der Waals surface area (Å²) in [4.78, 5) is 29.2. The highest BCUT2D eigenvalue weighted by molar-refractivity contribution is 8.00. The minimum absolute atomic E-state index is 0.0191. The third-order valence-electron chi connectivity index (χ3n) is 5.17. The summed E-state index contributed by atoms with van der Waals surface area (Å²) in [6.07, 6.45) is 0.911. The summed E-state index contributed by atoms with van der Waals surface area (Å²) in [5.74, 6) is 1.20. The highest BCUT2D eigenvalue weighted by atomic mass is 32.2. The van der Waals surface area contributed by atoms with Crippen LogP contribution in [0.3, 0.4) is 0 Å². The SMILES string of the molecule is CC(=O)NC[C@H]1CN(c2ccc(-c3ccc(CSc4nnc(C(C)(C)C)s4)cc3)cn2)C(=O)O1. The molecular formula is C24H27N5O3S2. The normalized spacial score (nSPS) is 15.9. The number of benzene rings is 1. The molecule has 34 heavy (non-hydrogen) atoms. The van der Waals surface area contributed by atoms with Gasteiger partial charge in [0.05, 0.1) is 13.1 Å². The number of nitrogens with zero attached hydrogens (tertiary/aromatic N) is 4. The molecule has 0 radical (unpaired) electrons. The van der Waals surface area contributed by atoms with Crippen LogP contribution < -0.4 is 10.2 Å². The molecule has 2 amide bonds. The van der Waals surface area contributed by atoms with Crippen molar-refractivity contribution in [2.75, 3.05) is 18.0 Å². The number of carbonyl (C=O) groups excluding carboxylic acids is 2. The Kier molecular flexibility index (Phi) is 7.18. The van der Waals surface area contributed by atoms with E-state index in [1.165, 1.54) is 17.4 Å². The van der Waals surface area contributed by atoms with E-state index in [-0.39, 0.29) is 24.0 Å². The van der Waals surface area contributed by atoms with Crippen LogP contribution in [0.4, 0.5) is 10.6 Å². The van der Waals surface area contributed by atoms with Gasteiger partial charge in [0.1, 0.15) is 16.9 Å². The Labute approximate surface area is 207 Å².